The van der Waals surface area contributed by atoms with Gasteiger partial charge in [-0.2, -0.15) is 0 Å². The van der Waals surface area contributed by atoms with Crippen LogP contribution >= 0.6 is 11.6 Å². The Hall–Kier alpha value is -2.47. The van der Waals surface area contributed by atoms with E-state index in [2.05, 4.69) is 9.97 Å². The summed E-state index contributed by atoms with van der Waals surface area (Å²) in [6.45, 7) is 4.08. The summed E-state index contributed by atoms with van der Waals surface area (Å²) >= 11 is 5.80. The lowest BCUT2D eigenvalue weighted by atomic mass is 10.0. The third-order valence-electron chi connectivity index (χ3n) is 3.51. The van der Waals surface area contributed by atoms with Crippen molar-refractivity contribution in [2.24, 2.45) is 0 Å². The molecule has 0 aliphatic carbocycles. The molecule has 0 unspecified atom stereocenters. The smallest absolute Gasteiger partial charge is 0.408 e. The molecule has 0 aliphatic heterocycles. The summed E-state index contributed by atoms with van der Waals surface area (Å²) in [5.41, 5.74) is 2.41. The molecule has 0 saturated carbocycles. The monoisotopic (exact) mass is 317 g/mol. The van der Waals surface area contributed by atoms with E-state index in [4.69, 9.17) is 16.0 Å². The van der Waals surface area contributed by atoms with Crippen LogP contribution in [0.5, 0.6) is 0 Å². The van der Waals surface area contributed by atoms with Gasteiger partial charge in [-0.05, 0) is 31.5 Å². The van der Waals surface area contributed by atoms with Gasteiger partial charge in [0.15, 0.2) is 5.58 Å². The maximum atomic E-state index is 12.6. The Morgan fingerprint density at radius 2 is 2.14 bits per heavy atom. The van der Waals surface area contributed by atoms with Gasteiger partial charge in [-0.25, -0.2) is 14.8 Å². The summed E-state index contributed by atoms with van der Waals surface area (Å²) in [5.74, 6) is -0.713. The van der Waals surface area contributed by atoms with Crippen LogP contribution in [0.2, 0.25) is 5.15 Å². The molecule has 22 heavy (non-hydrogen) atoms. The van der Waals surface area contributed by atoms with Gasteiger partial charge >= 0.3 is 5.76 Å². The molecular weight excluding hydrogens is 306 g/mol. The van der Waals surface area contributed by atoms with E-state index in [-0.39, 0.29) is 16.6 Å². The normalized spacial score (nSPS) is 11.0. The van der Waals surface area contributed by atoms with E-state index >= 15 is 0 Å². The standard InChI is InChI=1S/C15H12ClN3O3/c1-3-19-13-8(2)9(4-5-11(13)22-15(19)21)14(20)10-6-12(16)18-7-17-10/h4-7H,3H2,1-2H3. The first-order valence-electron chi connectivity index (χ1n) is 6.68. The number of nitrogens with zero attached hydrogens (tertiary/aromatic N) is 3. The van der Waals surface area contributed by atoms with Crippen LogP contribution in [0.25, 0.3) is 11.1 Å². The summed E-state index contributed by atoms with van der Waals surface area (Å²) in [6.07, 6.45) is 1.24. The predicted molar refractivity (Wildman–Crippen MR) is 81.4 cm³/mol. The van der Waals surface area contributed by atoms with Gasteiger partial charge in [0.25, 0.3) is 0 Å². The Morgan fingerprint density at radius 3 is 2.82 bits per heavy atom. The van der Waals surface area contributed by atoms with Crippen LogP contribution in [0.1, 0.15) is 28.5 Å². The van der Waals surface area contributed by atoms with Gasteiger partial charge in [0, 0.05) is 18.2 Å². The van der Waals surface area contributed by atoms with Gasteiger partial charge in [0.1, 0.15) is 17.2 Å². The summed E-state index contributed by atoms with van der Waals surface area (Å²) in [4.78, 5) is 32.1. The third kappa shape index (κ3) is 2.21. The number of aromatic nitrogens is 3. The number of aryl methyl sites for hydroxylation is 2. The second-order valence-electron chi connectivity index (χ2n) is 4.75. The van der Waals surface area contributed by atoms with Gasteiger partial charge in [0.2, 0.25) is 5.78 Å². The maximum absolute atomic E-state index is 12.6. The molecule has 2 aromatic heterocycles. The van der Waals surface area contributed by atoms with Crippen molar-refractivity contribution in [1.82, 2.24) is 14.5 Å². The van der Waals surface area contributed by atoms with Crippen LogP contribution in [0.4, 0.5) is 0 Å². The Kier molecular flexibility index (Phi) is 3.54. The molecule has 6 nitrogen and oxygen atoms in total. The molecule has 0 aliphatic rings. The lowest BCUT2D eigenvalue weighted by Gasteiger charge is -2.07. The zero-order valence-electron chi connectivity index (χ0n) is 12.0. The summed E-state index contributed by atoms with van der Waals surface area (Å²) < 4.78 is 6.67. The highest BCUT2D eigenvalue weighted by Crippen LogP contribution is 2.23. The number of carbonyl (C=O) groups is 1. The van der Waals surface area contributed by atoms with E-state index in [1.165, 1.54) is 17.0 Å². The zero-order valence-corrected chi connectivity index (χ0v) is 12.7. The molecule has 112 valence electrons. The minimum absolute atomic E-state index is 0.200. The molecule has 0 atom stereocenters. The Balaban J connectivity index is 2.21. The number of carbonyl (C=O) groups excluding carboxylic acids is 1. The molecule has 0 amide bonds. The number of oxazole rings is 1. The van der Waals surface area contributed by atoms with Crippen LogP contribution in [0.3, 0.4) is 0 Å². The predicted octanol–water partition coefficient (Wildman–Crippen LogP) is 2.60. The van der Waals surface area contributed by atoms with Crippen molar-refractivity contribution in [2.75, 3.05) is 0 Å². The van der Waals surface area contributed by atoms with Crippen LogP contribution in [0.15, 0.2) is 33.7 Å². The lowest BCUT2D eigenvalue weighted by Crippen LogP contribution is -2.14. The van der Waals surface area contributed by atoms with Gasteiger partial charge in [-0.3, -0.25) is 9.36 Å². The van der Waals surface area contributed by atoms with E-state index in [1.54, 1.807) is 19.1 Å². The number of halogens is 1. The molecule has 0 fully saturated rings. The van der Waals surface area contributed by atoms with Crippen molar-refractivity contribution in [2.45, 2.75) is 20.4 Å². The van der Waals surface area contributed by atoms with E-state index in [0.29, 0.717) is 28.8 Å². The summed E-state index contributed by atoms with van der Waals surface area (Å²) in [6, 6.07) is 4.65. The summed E-state index contributed by atoms with van der Waals surface area (Å²) in [7, 11) is 0. The number of fused-ring (bicyclic) bond motifs is 1. The van der Waals surface area contributed by atoms with Crippen LogP contribution < -0.4 is 5.76 Å². The van der Waals surface area contributed by atoms with Crippen LogP contribution in [0, 0.1) is 6.92 Å². The molecule has 0 bridgehead atoms. The molecule has 0 radical (unpaired) electrons. The minimum atomic E-state index is -0.435. The average Bonchev–Trinajstić information content (AvgIpc) is 2.83. The van der Waals surface area contributed by atoms with Gasteiger partial charge in [-0.15, -0.1) is 0 Å². The van der Waals surface area contributed by atoms with Crippen molar-refractivity contribution in [1.29, 1.82) is 0 Å². The molecule has 2 heterocycles. The maximum Gasteiger partial charge on any atom is 0.419 e. The van der Waals surface area contributed by atoms with Crippen molar-refractivity contribution < 1.29 is 9.21 Å². The SMILES string of the molecule is CCn1c(=O)oc2ccc(C(=O)c3cc(Cl)ncn3)c(C)c21. The first-order chi connectivity index (χ1) is 10.5. The number of benzene rings is 1. The highest BCUT2D eigenvalue weighted by atomic mass is 35.5. The van der Waals surface area contributed by atoms with Crippen molar-refractivity contribution in [3.63, 3.8) is 0 Å². The first-order valence-corrected chi connectivity index (χ1v) is 7.06. The first kappa shape index (κ1) is 14.5. The van der Waals surface area contributed by atoms with E-state index < -0.39 is 5.76 Å². The highest BCUT2D eigenvalue weighted by Gasteiger charge is 2.19. The number of ketones is 1. The van der Waals surface area contributed by atoms with Crippen molar-refractivity contribution in [3.05, 3.63) is 57.1 Å². The van der Waals surface area contributed by atoms with E-state index in [1.807, 2.05) is 6.92 Å². The Morgan fingerprint density at radius 1 is 1.36 bits per heavy atom. The highest BCUT2D eigenvalue weighted by molar-refractivity contribution is 6.29. The fourth-order valence-corrected chi connectivity index (χ4v) is 2.61. The third-order valence-corrected chi connectivity index (χ3v) is 3.72. The molecular formula is C15H12ClN3O3. The lowest BCUT2D eigenvalue weighted by molar-refractivity contribution is 0.103. The van der Waals surface area contributed by atoms with Crippen molar-refractivity contribution >= 4 is 28.5 Å². The number of hydrogen-bond donors (Lipinski definition) is 0. The number of rotatable bonds is 3. The molecule has 3 aromatic rings. The average molecular weight is 318 g/mol. The second kappa shape index (κ2) is 5.38. The molecule has 1 aromatic carbocycles. The van der Waals surface area contributed by atoms with Crippen LogP contribution in [-0.4, -0.2) is 20.3 Å². The number of hydrogen-bond acceptors (Lipinski definition) is 5. The minimum Gasteiger partial charge on any atom is -0.408 e. The Labute approximate surface area is 130 Å². The van der Waals surface area contributed by atoms with Gasteiger partial charge < -0.3 is 4.42 Å². The van der Waals surface area contributed by atoms with E-state index in [0.717, 1.165) is 0 Å². The second-order valence-corrected chi connectivity index (χ2v) is 5.14. The summed E-state index contributed by atoms with van der Waals surface area (Å²) in [5, 5.41) is 0.200. The molecule has 0 N–H and O–H groups in total. The van der Waals surface area contributed by atoms with E-state index in [9.17, 15) is 9.59 Å². The quantitative estimate of drug-likeness (QED) is 0.548. The topological polar surface area (TPSA) is 78.0 Å². The van der Waals surface area contributed by atoms with Gasteiger partial charge in [-0.1, -0.05) is 11.6 Å². The molecule has 0 spiro atoms. The largest absolute Gasteiger partial charge is 0.419 e. The Bertz CT molecular complexity index is 943. The molecule has 0 saturated heterocycles. The molecule has 3 rings (SSSR count). The fourth-order valence-electron chi connectivity index (χ4n) is 2.46. The molecule has 7 heteroatoms. The zero-order chi connectivity index (χ0) is 15.9. The van der Waals surface area contributed by atoms with Crippen LogP contribution in [-0.2, 0) is 6.54 Å². The fraction of sp³-hybridized carbons (Fsp3) is 0.200. The van der Waals surface area contributed by atoms with Crippen molar-refractivity contribution in [3.8, 4) is 0 Å². The van der Waals surface area contributed by atoms with Gasteiger partial charge in [0.05, 0.1) is 5.52 Å².